The van der Waals surface area contributed by atoms with Crippen molar-refractivity contribution in [3.63, 3.8) is 0 Å². The average molecular weight is 295 g/mol. The second-order valence-corrected chi connectivity index (χ2v) is 4.69. The summed E-state index contributed by atoms with van der Waals surface area (Å²) >= 11 is 0. The summed E-state index contributed by atoms with van der Waals surface area (Å²) in [5.74, 6) is 0.177. The molecule has 5 heteroatoms. The topological polar surface area (TPSA) is 35.2 Å². The lowest BCUT2D eigenvalue weighted by molar-refractivity contribution is -0.138. The Labute approximate surface area is 121 Å². The third-order valence-corrected chi connectivity index (χ3v) is 3.19. The molecule has 0 saturated carbocycles. The summed E-state index contributed by atoms with van der Waals surface area (Å²) in [7, 11) is 0. The molecule has 0 amide bonds. The molecule has 2 N–H and O–H groups in total. The van der Waals surface area contributed by atoms with E-state index in [-0.39, 0.29) is 24.0 Å². The number of hydrogen-bond donors (Lipinski definition) is 1. The lowest BCUT2D eigenvalue weighted by atomic mass is 10.1. The molecule has 0 fully saturated rings. The summed E-state index contributed by atoms with van der Waals surface area (Å²) in [6, 6.07) is 13.2. The number of rotatable bonds is 4. The number of benzene rings is 2. The Hall–Kier alpha value is -2.01. The average Bonchev–Trinajstić information content (AvgIpc) is 2.47. The molecule has 0 aliphatic carbocycles. The molecule has 2 nitrogen and oxygen atoms in total. The zero-order chi connectivity index (χ0) is 15.5. The minimum atomic E-state index is -4.44. The fourth-order valence-corrected chi connectivity index (χ4v) is 2.07. The van der Waals surface area contributed by atoms with Gasteiger partial charge in [-0.25, -0.2) is 0 Å². The van der Waals surface area contributed by atoms with Gasteiger partial charge in [0.15, 0.2) is 0 Å². The van der Waals surface area contributed by atoms with Gasteiger partial charge < -0.3 is 10.5 Å². The molecule has 2 aromatic carbocycles. The lowest BCUT2D eigenvalue weighted by Gasteiger charge is -2.18. The highest BCUT2D eigenvalue weighted by Gasteiger charge is 2.33. The van der Waals surface area contributed by atoms with Gasteiger partial charge in [-0.1, -0.05) is 36.4 Å². The molecule has 0 heterocycles. The summed E-state index contributed by atoms with van der Waals surface area (Å²) in [6.45, 7) is 1.63. The van der Waals surface area contributed by atoms with Crippen LogP contribution in [-0.4, -0.2) is 0 Å². The molecule has 1 unspecified atom stereocenters. The summed E-state index contributed by atoms with van der Waals surface area (Å²) in [5.41, 5.74) is 5.56. The van der Waals surface area contributed by atoms with Crippen molar-refractivity contribution in [2.24, 2.45) is 5.73 Å². The van der Waals surface area contributed by atoms with E-state index in [9.17, 15) is 13.2 Å². The van der Waals surface area contributed by atoms with Crippen molar-refractivity contribution in [3.05, 3.63) is 65.2 Å². The van der Waals surface area contributed by atoms with Gasteiger partial charge in [0.05, 0.1) is 5.56 Å². The summed E-state index contributed by atoms with van der Waals surface area (Å²) < 4.78 is 44.5. The van der Waals surface area contributed by atoms with E-state index in [1.54, 1.807) is 6.92 Å². The third kappa shape index (κ3) is 3.76. The van der Waals surface area contributed by atoms with Crippen LogP contribution in [0, 0.1) is 0 Å². The van der Waals surface area contributed by atoms with Crippen molar-refractivity contribution >= 4 is 0 Å². The van der Waals surface area contributed by atoms with E-state index in [0.717, 1.165) is 11.6 Å². The Morgan fingerprint density at radius 3 is 2.33 bits per heavy atom. The van der Waals surface area contributed by atoms with Crippen molar-refractivity contribution in [2.75, 3.05) is 0 Å². The van der Waals surface area contributed by atoms with Crippen molar-refractivity contribution in [2.45, 2.75) is 25.7 Å². The van der Waals surface area contributed by atoms with Gasteiger partial charge >= 0.3 is 6.18 Å². The number of alkyl halides is 3. The predicted octanol–water partition coefficient (Wildman–Crippen LogP) is 4.30. The maximum Gasteiger partial charge on any atom is 0.416 e. The number of halogens is 3. The normalized spacial score (nSPS) is 13.0. The molecule has 0 aromatic heterocycles. The number of ether oxygens (including phenoxy) is 1. The quantitative estimate of drug-likeness (QED) is 0.912. The minimum Gasteiger partial charge on any atom is -0.486 e. The van der Waals surface area contributed by atoms with E-state index >= 15 is 0 Å². The first-order valence-corrected chi connectivity index (χ1v) is 6.53. The van der Waals surface area contributed by atoms with E-state index in [1.807, 2.05) is 30.3 Å². The maximum absolute atomic E-state index is 13.0. The molecule has 1 atom stereocenters. The van der Waals surface area contributed by atoms with Crippen LogP contribution in [0.25, 0.3) is 0 Å². The van der Waals surface area contributed by atoms with Gasteiger partial charge in [0, 0.05) is 6.54 Å². The molecule has 112 valence electrons. The fraction of sp³-hybridized carbons (Fsp3) is 0.250. The molecular weight excluding hydrogens is 279 g/mol. The monoisotopic (exact) mass is 295 g/mol. The van der Waals surface area contributed by atoms with Crippen LogP contribution in [0.5, 0.6) is 5.75 Å². The Bertz CT molecular complexity index is 596. The van der Waals surface area contributed by atoms with Crippen LogP contribution in [0.15, 0.2) is 48.5 Å². The molecule has 0 saturated heterocycles. The van der Waals surface area contributed by atoms with Gasteiger partial charge in [0.1, 0.15) is 11.9 Å². The van der Waals surface area contributed by atoms with Gasteiger partial charge in [-0.15, -0.1) is 0 Å². The molecule has 0 radical (unpaired) electrons. The van der Waals surface area contributed by atoms with Crippen molar-refractivity contribution < 1.29 is 17.9 Å². The van der Waals surface area contributed by atoms with E-state index in [0.29, 0.717) is 0 Å². The van der Waals surface area contributed by atoms with Gasteiger partial charge in [0.25, 0.3) is 0 Å². The van der Waals surface area contributed by atoms with Crippen molar-refractivity contribution in [1.82, 2.24) is 0 Å². The van der Waals surface area contributed by atoms with Gasteiger partial charge in [0.2, 0.25) is 0 Å². The van der Waals surface area contributed by atoms with Crippen LogP contribution in [0.3, 0.4) is 0 Å². The van der Waals surface area contributed by atoms with E-state index < -0.39 is 11.7 Å². The molecule has 0 aliphatic rings. The van der Waals surface area contributed by atoms with Crippen LogP contribution >= 0.6 is 0 Å². The van der Waals surface area contributed by atoms with E-state index in [4.69, 9.17) is 10.5 Å². The standard InChI is InChI=1S/C16H16F3NO/c1-11(12-5-3-2-4-6-12)21-14-8-7-13(10-20)15(9-14)16(17,18)19/h2-9,11H,10,20H2,1H3. The van der Waals surface area contributed by atoms with Crippen LogP contribution in [0.1, 0.15) is 29.7 Å². The van der Waals surface area contributed by atoms with Gasteiger partial charge in [-0.05, 0) is 30.2 Å². The summed E-state index contributed by atoms with van der Waals surface area (Å²) in [4.78, 5) is 0. The molecule has 2 aromatic rings. The van der Waals surface area contributed by atoms with Gasteiger partial charge in [-0.3, -0.25) is 0 Å². The minimum absolute atomic E-state index is 0.0576. The first kappa shape index (κ1) is 15.4. The smallest absolute Gasteiger partial charge is 0.416 e. The molecule has 0 aliphatic heterocycles. The second-order valence-electron chi connectivity index (χ2n) is 4.69. The van der Waals surface area contributed by atoms with Crippen LogP contribution < -0.4 is 10.5 Å². The lowest BCUT2D eigenvalue weighted by Crippen LogP contribution is -2.12. The summed E-state index contributed by atoms with van der Waals surface area (Å²) in [6.07, 6.45) is -4.78. The number of nitrogens with two attached hydrogens (primary N) is 1. The van der Waals surface area contributed by atoms with E-state index in [1.165, 1.54) is 12.1 Å². The Kier molecular flexibility index (Phi) is 4.53. The highest BCUT2D eigenvalue weighted by atomic mass is 19.4. The molecule has 21 heavy (non-hydrogen) atoms. The van der Waals surface area contributed by atoms with E-state index in [2.05, 4.69) is 0 Å². The Balaban J connectivity index is 2.25. The van der Waals surface area contributed by atoms with Gasteiger partial charge in [-0.2, -0.15) is 13.2 Å². The zero-order valence-electron chi connectivity index (χ0n) is 11.5. The van der Waals surface area contributed by atoms with Crippen LogP contribution in [0.4, 0.5) is 13.2 Å². The maximum atomic E-state index is 13.0. The fourth-order valence-electron chi connectivity index (χ4n) is 2.07. The molecule has 0 spiro atoms. The summed E-state index contributed by atoms with van der Waals surface area (Å²) in [5, 5.41) is 0. The molecule has 0 bridgehead atoms. The first-order valence-electron chi connectivity index (χ1n) is 6.53. The van der Waals surface area contributed by atoms with Crippen molar-refractivity contribution in [3.8, 4) is 5.75 Å². The molecular formula is C16H16F3NO. The second kappa shape index (κ2) is 6.18. The Morgan fingerprint density at radius 2 is 1.76 bits per heavy atom. The SMILES string of the molecule is CC(Oc1ccc(CN)c(C(F)(F)F)c1)c1ccccc1. The Morgan fingerprint density at radius 1 is 1.10 bits per heavy atom. The number of hydrogen-bond acceptors (Lipinski definition) is 2. The first-order chi connectivity index (χ1) is 9.91. The highest BCUT2D eigenvalue weighted by molar-refractivity contribution is 5.38. The van der Waals surface area contributed by atoms with Crippen LogP contribution in [0.2, 0.25) is 0 Å². The molecule has 2 rings (SSSR count). The largest absolute Gasteiger partial charge is 0.486 e. The van der Waals surface area contributed by atoms with Crippen LogP contribution in [-0.2, 0) is 12.7 Å². The van der Waals surface area contributed by atoms with Crippen molar-refractivity contribution in [1.29, 1.82) is 0 Å². The predicted molar refractivity (Wildman–Crippen MR) is 74.8 cm³/mol. The zero-order valence-corrected chi connectivity index (χ0v) is 11.5. The third-order valence-electron chi connectivity index (χ3n) is 3.19. The highest BCUT2D eigenvalue weighted by Crippen LogP contribution is 2.35.